The van der Waals surface area contributed by atoms with Crippen LogP contribution >= 0.6 is 0 Å². The number of hydrogen-bond donors (Lipinski definition) is 2. The number of nitrogens with two attached hydrogens (primary N) is 1. The Hall–Kier alpha value is -1.18. The molecule has 1 fully saturated rings. The highest BCUT2D eigenvalue weighted by Gasteiger charge is 2.26. The van der Waals surface area contributed by atoms with Crippen LogP contribution in [-0.2, 0) is 14.8 Å². The fourth-order valence-corrected chi connectivity index (χ4v) is 3.97. The Labute approximate surface area is 124 Å². The van der Waals surface area contributed by atoms with E-state index in [9.17, 15) is 12.8 Å². The molecule has 1 heterocycles. The van der Waals surface area contributed by atoms with E-state index in [-0.39, 0.29) is 28.1 Å². The van der Waals surface area contributed by atoms with Crippen molar-refractivity contribution in [3.8, 4) is 0 Å². The summed E-state index contributed by atoms with van der Waals surface area (Å²) in [5.41, 5.74) is 5.57. The van der Waals surface area contributed by atoms with Crippen molar-refractivity contribution < 1.29 is 17.5 Å². The van der Waals surface area contributed by atoms with Crippen molar-refractivity contribution in [2.45, 2.75) is 37.6 Å². The fraction of sp³-hybridized carbons (Fsp3) is 0.571. The van der Waals surface area contributed by atoms with Crippen molar-refractivity contribution >= 4 is 15.7 Å². The van der Waals surface area contributed by atoms with Gasteiger partial charge < -0.3 is 10.5 Å². The molecule has 0 aliphatic carbocycles. The minimum absolute atomic E-state index is 0.00203. The van der Waals surface area contributed by atoms with Gasteiger partial charge in [0.15, 0.2) is 0 Å². The number of rotatable bonds is 4. The zero-order chi connectivity index (χ0) is 15.6. The number of nitrogens with one attached hydrogen (secondary N) is 1. The van der Waals surface area contributed by atoms with E-state index < -0.39 is 15.8 Å². The average molecular weight is 316 g/mol. The van der Waals surface area contributed by atoms with E-state index in [1.807, 2.05) is 6.92 Å². The molecule has 1 unspecified atom stereocenters. The normalized spacial score (nSPS) is 18.6. The highest BCUT2D eigenvalue weighted by atomic mass is 32.2. The van der Waals surface area contributed by atoms with Gasteiger partial charge in [0.2, 0.25) is 10.0 Å². The Morgan fingerprint density at radius 3 is 2.57 bits per heavy atom. The van der Waals surface area contributed by atoms with Crippen LogP contribution in [0.3, 0.4) is 0 Å². The van der Waals surface area contributed by atoms with Crippen molar-refractivity contribution in [3.63, 3.8) is 0 Å². The van der Waals surface area contributed by atoms with E-state index in [0.717, 1.165) is 18.9 Å². The van der Waals surface area contributed by atoms with E-state index in [1.54, 1.807) is 0 Å². The lowest BCUT2D eigenvalue weighted by molar-refractivity contribution is 0.0585. The molecule has 118 valence electrons. The number of anilines is 1. The molecule has 1 aromatic carbocycles. The van der Waals surface area contributed by atoms with Crippen LogP contribution in [0.1, 0.15) is 25.3 Å². The fourth-order valence-electron chi connectivity index (χ4n) is 2.54. The van der Waals surface area contributed by atoms with Crippen LogP contribution in [-0.4, -0.2) is 27.7 Å². The topological polar surface area (TPSA) is 81.4 Å². The summed E-state index contributed by atoms with van der Waals surface area (Å²) in [5, 5.41) is 0. The minimum Gasteiger partial charge on any atom is -0.396 e. The lowest BCUT2D eigenvalue weighted by Gasteiger charge is -2.28. The van der Waals surface area contributed by atoms with Gasteiger partial charge in [0.25, 0.3) is 0 Å². The van der Waals surface area contributed by atoms with Crippen LogP contribution in [0.5, 0.6) is 0 Å². The molecule has 1 aliphatic rings. The summed E-state index contributed by atoms with van der Waals surface area (Å²) in [6, 6.07) is 2.25. The zero-order valence-corrected chi connectivity index (χ0v) is 13.0. The third-order valence-electron chi connectivity index (χ3n) is 3.88. The number of sulfonamides is 1. The lowest BCUT2D eigenvalue weighted by Crippen LogP contribution is -2.40. The second-order valence-electron chi connectivity index (χ2n) is 5.50. The average Bonchev–Trinajstić information content (AvgIpc) is 2.44. The number of benzene rings is 1. The Balaban J connectivity index is 2.18. The first kappa shape index (κ1) is 16.2. The maximum absolute atomic E-state index is 13.5. The van der Waals surface area contributed by atoms with Gasteiger partial charge in [-0.3, -0.25) is 0 Å². The molecule has 0 bridgehead atoms. The molecule has 21 heavy (non-hydrogen) atoms. The Kier molecular flexibility index (Phi) is 4.85. The molecule has 1 aliphatic heterocycles. The molecule has 0 spiro atoms. The summed E-state index contributed by atoms with van der Waals surface area (Å²) in [6.45, 7) is 4.64. The second-order valence-corrected chi connectivity index (χ2v) is 7.22. The van der Waals surface area contributed by atoms with Crippen LogP contribution in [0.2, 0.25) is 0 Å². The van der Waals surface area contributed by atoms with E-state index in [4.69, 9.17) is 10.5 Å². The van der Waals surface area contributed by atoms with E-state index >= 15 is 0 Å². The quantitative estimate of drug-likeness (QED) is 0.830. The molecule has 0 saturated carbocycles. The van der Waals surface area contributed by atoms with E-state index in [1.165, 1.54) is 13.0 Å². The van der Waals surface area contributed by atoms with E-state index in [2.05, 4.69) is 4.72 Å². The van der Waals surface area contributed by atoms with Gasteiger partial charge in [-0.25, -0.2) is 17.5 Å². The third kappa shape index (κ3) is 3.72. The van der Waals surface area contributed by atoms with Gasteiger partial charge in [0, 0.05) is 19.3 Å². The number of halogens is 1. The zero-order valence-electron chi connectivity index (χ0n) is 12.2. The molecule has 1 aromatic rings. The molecule has 0 amide bonds. The maximum Gasteiger partial charge on any atom is 0.240 e. The monoisotopic (exact) mass is 316 g/mol. The maximum atomic E-state index is 13.5. The van der Waals surface area contributed by atoms with Gasteiger partial charge in [-0.15, -0.1) is 0 Å². The van der Waals surface area contributed by atoms with E-state index in [0.29, 0.717) is 13.2 Å². The lowest BCUT2D eigenvalue weighted by atomic mass is 9.94. The van der Waals surface area contributed by atoms with Crippen LogP contribution in [0.25, 0.3) is 0 Å². The summed E-state index contributed by atoms with van der Waals surface area (Å²) in [4.78, 5) is -0.00203. The van der Waals surface area contributed by atoms with Crippen LogP contribution in [0.4, 0.5) is 10.1 Å². The highest BCUT2D eigenvalue weighted by Crippen LogP contribution is 2.23. The molecule has 7 heteroatoms. The van der Waals surface area contributed by atoms with Crippen molar-refractivity contribution in [3.05, 3.63) is 23.5 Å². The summed E-state index contributed by atoms with van der Waals surface area (Å²) < 4.78 is 46.2. The first-order chi connectivity index (χ1) is 9.81. The molecular weight excluding hydrogens is 295 g/mol. The molecule has 2 rings (SSSR count). The van der Waals surface area contributed by atoms with Crippen molar-refractivity contribution in [2.24, 2.45) is 5.92 Å². The number of hydrogen-bond acceptors (Lipinski definition) is 4. The smallest absolute Gasteiger partial charge is 0.240 e. The van der Waals surface area contributed by atoms with Crippen molar-refractivity contribution in [1.29, 1.82) is 0 Å². The first-order valence-electron chi connectivity index (χ1n) is 6.97. The molecule has 1 saturated heterocycles. The Morgan fingerprint density at radius 2 is 2.00 bits per heavy atom. The predicted octanol–water partition coefficient (Wildman–Crippen LogP) is 1.81. The SMILES string of the molecule is Cc1cc(S(=O)(=O)NC(C)C2CCOCC2)cc(N)c1F. The van der Waals surface area contributed by atoms with Crippen LogP contribution in [0, 0.1) is 18.7 Å². The molecule has 3 N–H and O–H groups in total. The number of ether oxygens (including phenoxy) is 1. The molecule has 1 atom stereocenters. The summed E-state index contributed by atoms with van der Waals surface area (Å²) >= 11 is 0. The van der Waals surface area contributed by atoms with Gasteiger partial charge in [-0.05, 0) is 50.3 Å². The third-order valence-corrected chi connectivity index (χ3v) is 5.42. The molecular formula is C14H21FN2O3S. The van der Waals surface area contributed by atoms with Crippen LogP contribution in [0.15, 0.2) is 17.0 Å². The van der Waals surface area contributed by atoms with Crippen LogP contribution < -0.4 is 10.5 Å². The largest absolute Gasteiger partial charge is 0.396 e. The Bertz CT molecular complexity index is 590. The minimum atomic E-state index is -3.71. The molecule has 0 aromatic heterocycles. The van der Waals surface area contributed by atoms with Crippen molar-refractivity contribution in [2.75, 3.05) is 18.9 Å². The summed E-state index contributed by atoms with van der Waals surface area (Å²) in [6.07, 6.45) is 1.66. The van der Waals surface area contributed by atoms with Gasteiger partial charge in [0.1, 0.15) is 5.82 Å². The van der Waals surface area contributed by atoms with Gasteiger partial charge >= 0.3 is 0 Å². The van der Waals surface area contributed by atoms with Gasteiger partial charge in [-0.1, -0.05) is 0 Å². The Morgan fingerprint density at radius 1 is 1.38 bits per heavy atom. The van der Waals surface area contributed by atoms with Gasteiger partial charge in [-0.2, -0.15) is 0 Å². The van der Waals surface area contributed by atoms with Crippen molar-refractivity contribution in [1.82, 2.24) is 4.72 Å². The molecule has 0 radical (unpaired) electrons. The molecule has 5 nitrogen and oxygen atoms in total. The second kappa shape index (κ2) is 6.29. The van der Waals surface area contributed by atoms with Gasteiger partial charge in [0.05, 0.1) is 10.6 Å². The summed E-state index contributed by atoms with van der Waals surface area (Å²) in [5.74, 6) is -0.334. The summed E-state index contributed by atoms with van der Waals surface area (Å²) in [7, 11) is -3.71. The number of aryl methyl sites for hydroxylation is 1. The number of nitrogen functional groups attached to an aromatic ring is 1. The standard InChI is InChI=1S/C14H21FN2O3S/c1-9-7-12(8-13(16)14(9)15)21(18,19)17-10(2)11-3-5-20-6-4-11/h7-8,10-11,17H,3-6,16H2,1-2H3. The first-order valence-corrected chi connectivity index (χ1v) is 8.45. The highest BCUT2D eigenvalue weighted by molar-refractivity contribution is 7.89. The predicted molar refractivity (Wildman–Crippen MR) is 78.9 cm³/mol.